The summed E-state index contributed by atoms with van der Waals surface area (Å²) in [6, 6.07) is 4.31. The lowest BCUT2D eigenvalue weighted by Crippen LogP contribution is -2.41. The van der Waals surface area contributed by atoms with Crippen LogP contribution in [0, 0.1) is 0 Å². The zero-order chi connectivity index (χ0) is 13.1. The van der Waals surface area contributed by atoms with Gasteiger partial charge in [-0.1, -0.05) is 6.07 Å². The molecule has 17 heavy (non-hydrogen) atoms. The van der Waals surface area contributed by atoms with Crippen LogP contribution in [-0.4, -0.2) is 19.1 Å². The van der Waals surface area contributed by atoms with Crippen LogP contribution in [0.25, 0.3) is 0 Å². The Kier molecular flexibility index (Phi) is 4.11. The van der Waals surface area contributed by atoms with Crippen LogP contribution in [-0.2, 0) is 6.18 Å². The fourth-order valence-electron chi connectivity index (χ4n) is 1.19. The first kappa shape index (κ1) is 13.5. The van der Waals surface area contributed by atoms with Crippen molar-refractivity contribution in [2.75, 3.05) is 7.05 Å². The van der Waals surface area contributed by atoms with Crippen LogP contribution in [0.2, 0.25) is 0 Å². The van der Waals surface area contributed by atoms with E-state index in [1.54, 1.807) is 14.0 Å². The van der Waals surface area contributed by atoms with Gasteiger partial charge >= 0.3 is 6.18 Å². The van der Waals surface area contributed by atoms with Crippen LogP contribution in [0.5, 0.6) is 0 Å². The molecule has 0 aliphatic rings. The molecular weight excluding hydrogens is 233 g/mol. The second-order valence-corrected chi connectivity index (χ2v) is 3.56. The first-order valence-electron chi connectivity index (χ1n) is 5.00. The molecule has 1 aromatic rings. The molecule has 0 radical (unpaired) electrons. The highest BCUT2D eigenvalue weighted by Crippen LogP contribution is 2.29. The topological polar surface area (TPSA) is 41.1 Å². The number of rotatable bonds is 3. The molecule has 0 bridgehead atoms. The van der Waals surface area contributed by atoms with Crippen molar-refractivity contribution in [2.24, 2.45) is 0 Å². The summed E-state index contributed by atoms with van der Waals surface area (Å²) in [5, 5.41) is 5.26. The van der Waals surface area contributed by atoms with Crippen LogP contribution >= 0.6 is 0 Å². The van der Waals surface area contributed by atoms with E-state index in [9.17, 15) is 18.0 Å². The predicted octanol–water partition coefficient (Wildman–Crippen LogP) is 2.00. The summed E-state index contributed by atoms with van der Waals surface area (Å²) < 4.78 is 37.2. The Hall–Kier alpha value is -1.56. The van der Waals surface area contributed by atoms with E-state index in [1.807, 2.05) is 0 Å². The number of alkyl halides is 3. The molecule has 0 spiro atoms. The zero-order valence-electron chi connectivity index (χ0n) is 9.43. The first-order chi connectivity index (χ1) is 7.84. The van der Waals surface area contributed by atoms with Crippen molar-refractivity contribution in [3.63, 3.8) is 0 Å². The summed E-state index contributed by atoms with van der Waals surface area (Å²) in [4.78, 5) is 11.6. The molecule has 6 heteroatoms. The Labute approximate surface area is 97.0 Å². The average Bonchev–Trinajstić information content (AvgIpc) is 2.28. The second-order valence-electron chi connectivity index (χ2n) is 3.56. The SMILES string of the molecule is CNC(C)NC(=O)c1cccc(C(F)(F)F)c1. The molecule has 1 rings (SSSR count). The Balaban J connectivity index is 2.89. The Morgan fingerprint density at radius 2 is 2.00 bits per heavy atom. The molecule has 2 N–H and O–H groups in total. The molecule has 1 aromatic carbocycles. The van der Waals surface area contributed by atoms with Crippen LogP contribution in [0.4, 0.5) is 13.2 Å². The van der Waals surface area contributed by atoms with Gasteiger partial charge in [-0.3, -0.25) is 4.79 Å². The molecular formula is C11H13F3N2O. The molecule has 0 fully saturated rings. The average molecular weight is 246 g/mol. The van der Waals surface area contributed by atoms with Crippen LogP contribution < -0.4 is 10.6 Å². The standard InChI is InChI=1S/C11H13F3N2O/c1-7(15-2)16-10(17)8-4-3-5-9(6-8)11(12,13)14/h3-7,15H,1-2H3,(H,16,17). The maximum absolute atomic E-state index is 12.4. The quantitative estimate of drug-likeness (QED) is 0.801. The monoisotopic (exact) mass is 246 g/mol. The summed E-state index contributed by atoms with van der Waals surface area (Å²) in [5.41, 5.74) is -0.843. The normalized spacial score (nSPS) is 13.2. The highest BCUT2D eigenvalue weighted by Gasteiger charge is 2.30. The van der Waals surface area contributed by atoms with E-state index < -0.39 is 17.6 Å². The van der Waals surface area contributed by atoms with Crippen molar-refractivity contribution in [3.8, 4) is 0 Å². The van der Waals surface area contributed by atoms with Gasteiger partial charge in [0.25, 0.3) is 5.91 Å². The summed E-state index contributed by atoms with van der Waals surface area (Å²) in [6.45, 7) is 1.69. The van der Waals surface area contributed by atoms with Crippen molar-refractivity contribution < 1.29 is 18.0 Å². The van der Waals surface area contributed by atoms with Gasteiger partial charge in [0, 0.05) is 5.56 Å². The molecule has 0 heterocycles. The van der Waals surface area contributed by atoms with E-state index in [-0.39, 0.29) is 11.7 Å². The fraction of sp³-hybridized carbons (Fsp3) is 0.364. The molecule has 0 aliphatic heterocycles. The number of hydrogen-bond donors (Lipinski definition) is 2. The molecule has 0 saturated heterocycles. The third-order valence-corrected chi connectivity index (χ3v) is 2.23. The van der Waals surface area contributed by atoms with E-state index in [2.05, 4.69) is 10.6 Å². The molecule has 0 saturated carbocycles. The first-order valence-corrected chi connectivity index (χ1v) is 5.00. The Morgan fingerprint density at radius 3 is 2.53 bits per heavy atom. The number of hydrogen-bond acceptors (Lipinski definition) is 2. The minimum absolute atomic E-state index is 0.0121. The minimum Gasteiger partial charge on any atom is -0.337 e. The highest BCUT2D eigenvalue weighted by atomic mass is 19.4. The Morgan fingerprint density at radius 1 is 1.35 bits per heavy atom. The maximum Gasteiger partial charge on any atom is 0.416 e. The molecule has 3 nitrogen and oxygen atoms in total. The maximum atomic E-state index is 12.4. The van der Waals surface area contributed by atoms with Gasteiger partial charge in [0.1, 0.15) is 0 Å². The molecule has 94 valence electrons. The van der Waals surface area contributed by atoms with Crippen LogP contribution in [0.15, 0.2) is 24.3 Å². The molecule has 1 unspecified atom stereocenters. The van der Waals surface area contributed by atoms with Crippen LogP contribution in [0.1, 0.15) is 22.8 Å². The third kappa shape index (κ3) is 3.74. The lowest BCUT2D eigenvalue weighted by Gasteiger charge is -2.13. The van der Waals surface area contributed by atoms with Crippen molar-refractivity contribution >= 4 is 5.91 Å². The van der Waals surface area contributed by atoms with Crippen molar-refractivity contribution in [1.82, 2.24) is 10.6 Å². The van der Waals surface area contributed by atoms with Gasteiger partial charge < -0.3 is 10.6 Å². The number of amides is 1. The molecule has 1 amide bonds. The number of benzene rings is 1. The summed E-state index contributed by atoms with van der Waals surface area (Å²) in [7, 11) is 1.64. The van der Waals surface area contributed by atoms with Gasteiger partial charge in [0.2, 0.25) is 0 Å². The van der Waals surface area contributed by atoms with E-state index in [1.165, 1.54) is 12.1 Å². The lowest BCUT2D eigenvalue weighted by molar-refractivity contribution is -0.137. The van der Waals surface area contributed by atoms with Gasteiger partial charge in [-0.15, -0.1) is 0 Å². The van der Waals surface area contributed by atoms with E-state index in [4.69, 9.17) is 0 Å². The fourth-order valence-corrected chi connectivity index (χ4v) is 1.19. The highest BCUT2D eigenvalue weighted by molar-refractivity contribution is 5.94. The molecule has 0 aliphatic carbocycles. The van der Waals surface area contributed by atoms with Crippen LogP contribution in [0.3, 0.4) is 0 Å². The van der Waals surface area contributed by atoms with Crippen molar-refractivity contribution in [3.05, 3.63) is 35.4 Å². The summed E-state index contributed by atoms with van der Waals surface area (Å²) >= 11 is 0. The minimum atomic E-state index is -4.44. The molecule has 0 aromatic heterocycles. The Bertz CT molecular complexity index is 404. The number of carbonyl (C=O) groups is 1. The van der Waals surface area contributed by atoms with E-state index >= 15 is 0 Å². The third-order valence-electron chi connectivity index (χ3n) is 2.23. The summed E-state index contributed by atoms with van der Waals surface area (Å²) in [5.74, 6) is -0.544. The van der Waals surface area contributed by atoms with E-state index in [0.29, 0.717) is 0 Å². The number of carbonyl (C=O) groups excluding carboxylic acids is 1. The second kappa shape index (κ2) is 5.18. The van der Waals surface area contributed by atoms with Crippen molar-refractivity contribution in [2.45, 2.75) is 19.3 Å². The smallest absolute Gasteiger partial charge is 0.337 e. The number of halogens is 3. The van der Waals surface area contributed by atoms with Gasteiger partial charge in [0.05, 0.1) is 11.7 Å². The van der Waals surface area contributed by atoms with Gasteiger partial charge in [-0.2, -0.15) is 13.2 Å². The molecule has 1 atom stereocenters. The number of nitrogens with one attached hydrogen (secondary N) is 2. The largest absolute Gasteiger partial charge is 0.416 e. The van der Waals surface area contributed by atoms with Gasteiger partial charge in [-0.25, -0.2) is 0 Å². The van der Waals surface area contributed by atoms with Gasteiger partial charge in [-0.05, 0) is 32.2 Å². The lowest BCUT2D eigenvalue weighted by atomic mass is 10.1. The zero-order valence-corrected chi connectivity index (χ0v) is 9.43. The summed E-state index contributed by atoms with van der Waals surface area (Å²) in [6.07, 6.45) is -4.75. The van der Waals surface area contributed by atoms with Crippen molar-refractivity contribution in [1.29, 1.82) is 0 Å². The van der Waals surface area contributed by atoms with E-state index in [0.717, 1.165) is 12.1 Å². The van der Waals surface area contributed by atoms with Gasteiger partial charge in [0.15, 0.2) is 0 Å². The predicted molar refractivity (Wildman–Crippen MR) is 57.4 cm³/mol.